The Balaban J connectivity index is 2.11. The number of hydrogen-bond acceptors (Lipinski definition) is 5. The summed E-state index contributed by atoms with van der Waals surface area (Å²) in [4.78, 5) is 23.7. The fourth-order valence-corrected chi connectivity index (χ4v) is 6.08. The van der Waals surface area contributed by atoms with Gasteiger partial charge in [-0.3, -0.25) is 9.59 Å². The van der Waals surface area contributed by atoms with E-state index in [1.165, 1.54) is 31.4 Å². The van der Waals surface area contributed by atoms with E-state index in [2.05, 4.69) is 20.4 Å². The maximum Gasteiger partial charge on any atom is 0.302 e. The number of aliphatic hydroxyl groups is 1. The lowest BCUT2D eigenvalue weighted by Gasteiger charge is -2.48. The summed E-state index contributed by atoms with van der Waals surface area (Å²) >= 11 is 0. The van der Waals surface area contributed by atoms with E-state index in [0.29, 0.717) is 18.8 Å². The molecule has 162 valence electrons. The van der Waals surface area contributed by atoms with Crippen LogP contribution in [0.25, 0.3) is 0 Å². The fourth-order valence-electron chi connectivity index (χ4n) is 6.08. The highest BCUT2D eigenvalue weighted by Gasteiger charge is 2.63. The first-order chi connectivity index (χ1) is 13.7. The van der Waals surface area contributed by atoms with E-state index in [4.69, 9.17) is 9.47 Å². The van der Waals surface area contributed by atoms with Crippen molar-refractivity contribution in [3.05, 3.63) is 23.3 Å². The largest absolute Gasteiger partial charge is 0.465 e. The van der Waals surface area contributed by atoms with Crippen molar-refractivity contribution in [3.8, 4) is 0 Å². The quantitative estimate of drug-likeness (QED) is 0.559. The molecule has 0 aromatic carbocycles. The first-order valence-corrected chi connectivity index (χ1v) is 11.0. The molecule has 3 aliphatic carbocycles. The Bertz CT molecular complexity index is 708. The van der Waals surface area contributed by atoms with Crippen molar-refractivity contribution >= 4 is 11.9 Å². The van der Waals surface area contributed by atoms with Crippen molar-refractivity contribution in [1.82, 2.24) is 0 Å². The molecule has 3 rings (SSSR count). The van der Waals surface area contributed by atoms with Crippen LogP contribution in [-0.4, -0.2) is 35.9 Å². The molecule has 1 saturated carbocycles. The molecule has 0 aromatic rings. The Morgan fingerprint density at radius 3 is 2.59 bits per heavy atom. The predicted octanol–water partition coefficient (Wildman–Crippen LogP) is 4.34. The van der Waals surface area contributed by atoms with Crippen LogP contribution in [-0.2, 0) is 19.1 Å². The van der Waals surface area contributed by atoms with Gasteiger partial charge in [-0.05, 0) is 50.9 Å². The van der Waals surface area contributed by atoms with Crippen molar-refractivity contribution in [2.24, 2.45) is 23.2 Å². The van der Waals surface area contributed by atoms with Gasteiger partial charge in [-0.25, -0.2) is 0 Å². The van der Waals surface area contributed by atoms with Crippen molar-refractivity contribution < 1.29 is 24.2 Å². The second-order valence-electron chi connectivity index (χ2n) is 9.51. The van der Waals surface area contributed by atoms with E-state index in [0.717, 1.165) is 31.3 Å². The number of allylic oxidation sites excluding steroid dienone is 2. The van der Waals surface area contributed by atoms with Gasteiger partial charge in [-0.2, -0.15) is 0 Å². The zero-order valence-electron chi connectivity index (χ0n) is 18.3. The van der Waals surface area contributed by atoms with Crippen LogP contribution < -0.4 is 0 Å². The molecule has 5 heteroatoms. The van der Waals surface area contributed by atoms with Gasteiger partial charge >= 0.3 is 11.9 Å². The topological polar surface area (TPSA) is 72.8 Å². The van der Waals surface area contributed by atoms with Gasteiger partial charge in [0.1, 0.15) is 12.7 Å². The van der Waals surface area contributed by atoms with E-state index >= 15 is 0 Å². The highest BCUT2D eigenvalue weighted by atomic mass is 16.6. The minimum atomic E-state index is -0.807. The highest BCUT2D eigenvalue weighted by Crippen LogP contribution is 2.60. The predicted molar refractivity (Wildman–Crippen MR) is 111 cm³/mol. The number of ether oxygens (including phenoxy) is 2. The standard InChI is InChI=1S/C24H36O5/c1-14-7-6-8-15(2)20-12-21(27)24(13-28-17(4)25)22(29-18(5)26)11-19(10-9-14)16(3)23(20)24/h14,20-23,27H,2,6-13H2,1,3-5H3/t14?,20-,21+,22-,23+,24+/m0/s1. The molecule has 0 aliphatic heterocycles. The Kier molecular flexibility index (Phi) is 6.57. The van der Waals surface area contributed by atoms with E-state index in [-0.39, 0.29) is 30.4 Å². The molecule has 29 heavy (non-hydrogen) atoms. The molecule has 0 radical (unpaired) electrons. The smallest absolute Gasteiger partial charge is 0.302 e. The van der Waals surface area contributed by atoms with Crippen molar-refractivity contribution in [1.29, 1.82) is 0 Å². The summed E-state index contributed by atoms with van der Waals surface area (Å²) in [5.74, 6) is -0.00456. The molecule has 2 bridgehead atoms. The minimum absolute atomic E-state index is 0.0224. The van der Waals surface area contributed by atoms with Gasteiger partial charge in [0, 0.05) is 26.2 Å². The zero-order chi connectivity index (χ0) is 21.3. The third-order valence-electron chi connectivity index (χ3n) is 7.63. The summed E-state index contributed by atoms with van der Waals surface area (Å²) in [5, 5.41) is 11.3. The van der Waals surface area contributed by atoms with Crippen LogP contribution in [0.4, 0.5) is 0 Å². The normalized spacial score (nSPS) is 37.7. The van der Waals surface area contributed by atoms with Crippen LogP contribution >= 0.6 is 0 Å². The lowest BCUT2D eigenvalue weighted by atomic mass is 9.60. The second kappa shape index (κ2) is 8.63. The molecule has 0 spiro atoms. The molecule has 0 aromatic heterocycles. The van der Waals surface area contributed by atoms with E-state index in [1.54, 1.807) is 0 Å². The van der Waals surface area contributed by atoms with Gasteiger partial charge < -0.3 is 14.6 Å². The molecule has 0 amide bonds. The molecular weight excluding hydrogens is 368 g/mol. The van der Waals surface area contributed by atoms with Gasteiger partial charge in [0.2, 0.25) is 0 Å². The Labute approximate surface area is 174 Å². The Morgan fingerprint density at radius 2 is 1.93 bits per heavy atom. The average Bonchev–Trinajstić information content (AvgIpc) is 2.94. The lowest BCUT2D eigenvalue weighted by Crippen LogP contribution is -2.54. The molecular formula is C24H36O5. The van der Waals surface area contributed by atoms with Gasteiger partial charge in [-0.15, -0.1) is 0 Å². The first kappa shape index (κ1) is 22.1. The summed E-state index contributed by atoms with van der Waals surface area (Å²) in [6.45, 7) is 11.7. The number of esters is 2. The van der Waals surface area contributed by atoms with E-state index in [1.807, 2.05) is 0 Å². The summed E-state index contributed by atoms with van der Waals surface area (Å²) in [7, 11) is 0. The van der Waals surface area contributed by atoms with Gasteiger partial charge in [0.05, 0.1) is 11.5 Å². The number of carbonyl (C=O) groups excluding carboxylic acids is 2. The molecule has 1 unspecified atom stereocenters. The monoisotopic (exact) mass is 404 g/mol. The summed E-state index contributed by atoms with van der Waals surface area (Å²) in [6.07, 6.45) is 5.30. The number of rotatable bonds is 3. The Hall–Kier alpha value is -1.62. The maximum atomic E-state index is 12.0. The fraction of sp³-hybridized carbons (Fsp3) is 0.750. The molecule has 0 heterocycles. The Morgan fingerprint density at radius 1 is 1.21 bits per heavy atom. The highest BCUT2D eigenvalue weighted by molar-refractivity contribution is 5.67. The molecule has 3 aliphatic rings. The first-order valence-electron chi connectivity index (χ1n) is 11.0. The third-order valence-corrected chi connectivity index (χ3v) is 7.63. The number of aliphatic hydroxyl groups excluding tert-OH is 1. The molecule has 6 atom stereocenters. The van der Waals surface area contributed by atoms with Crippen molar-refractivity contribution in [2.45, 2.75) is 84.8 Å². The molecule has 1 fully saturated rings. The van der Waals surface area contributed by atoms with Crippen LogP contribution in [0.15, 0.2) is 23.3 Å². The molecule has 1 N–H and O–H groups in total. The molecule has 0 saturated heterocycles. The summed E-state index contributed by atoms with van der Waals surface area (Å²) in [5.41, 5.74) is 2.96. The van der Waals surface area contributed by atoms with Crippen LogP contribution in [0.5, 0.6) is 0 Å². The van der Waals surface area contributed by atoms with Gasteiger partial charge in [0.15, 0.2) is 0 Å². The van der Waals surface area contributed by atoms with Gasteiger partial charge in [-0.1, -0.05) is 36.6 Å². The van der Waals surface area contributed by atoms with Crippen LogP contribution in [0.1, 0.15) is 72.6 Å². The van der Waals surface area contributed by atoms with Crippen molar-refractivity contribution in [2.75, 3.05) is 6.61 Å². The van der Waals surface area contributed by atoms with Gasteiger partial charge in [0.25, 0.3) is 0 Å². The SMILES string of the molecule is C=C1CCCC(C)CCC2=C(C)[C@@H]3[C@H]1C[C@@H](O)[C@]3(COC(C)=O)[C@@H](OC(C)=O)C2. The maximum absolute atomic E-state index is 12.0. The second-order valence-corrected chi connectivity index (χ2v) is 9.51. The summed E-state index contributed by atoms with van der Waals surface area (Å²) in [6, 6.07) is 0. The third kappa shape index (κ3) is 4.16. The van der Waals surface area contributed by atoms with Crippen LogP contribution in [0.3, 0.4) is 0 Å². The van der Waals surface area contributed by atoms with Crippen LogP contribution in [0, 0.1) is 23.2 Å². The van der Waals surface area contributed by atoms with E-state index in [9.17, 15) is 14.7 Å². The average molecular weight is 405 g/mol. The summed E-state index contributed by atoms with van der Waals surface area (Å²) < 4.78 is 11.3. The zero-order valence-corrected chi connectivity index (χ0v) is 18.3. The van der Waals surface area contributed by atoms with Crippen molar-refractivity contribution in [3.63, 3.8) is 0 Å². The lowest BCUT2D eigenvalue weighted by molar-refractivity contribution is -0.176. The minimum Gasteiger partial charge on any atom is -0.465 e. The number of carbonyl (C=O) groups is 2. The number of hydrogen-bond donors (Lipinski definition) is 1. The van der Waals surface area contributed by atoms with E-state index < -0.39 is 17.6 Å². The molecule has 5 nitrogen and oxygen atoms in total. The van der Waals surface area contributed by atoms with Crippen LogP contribution in [0.2, 0.25) is 0 Å².